The van der Waals surface area contributed by atoms with Crippen LogP contribution in [0.4, 0.5) is 0 Å². The first-order chi connectivity index (χ1) is 8.20. The minimum absolute atomic E-state index is 0.339. The number of aromatic hydroxyl groups is 1. The lowest BCUT2D eigenvalue weighted by Crippen LogP contribution is -1.83. The largest absolute Gasteiger partial charge is 0.507 e. The van der Waals surface area contributed by atoms with Crippen LogP contribution in [0, 0.1) is 0 Å². The lowest BCUT2D eigenvalue weighted by molar-refractivity contribution is 0.389. The van der Waals surface area contributed by atoms with Crippen molar-refractivity contribution in [3.05, 3.63) is 40.4 Å². The number of phenols is 1. The molecular formula is C13H14BrO2P. The predicted octanol–water partition coefficient (Wildman–Crippen LogP) is 4.44. The second-order valence-corrected chi connectivity index (χ2v) is 5.58. The van der Waals surface area contributed by atoms with Crippen molar-refractivity contribution in [1.29, 1.82) is 0 Å². The van der Waals surface area contributed by atoms with Gasteiger partial charge in [0, 0.05) is 31.4 Å². The molecule has 17 heavy (non-hydrogen) atoms. The molecule has 1 unspecified atom stereocenters. The molecular weight excluding hydrogens is 299 g/mol. The van der Waals surface area contributed by atoms with E-state index in [1.807, 2.05) is 31.2 Å². The fourth-order valence-electron chi connectivity index (χ4n) is 1.72. The van der Waals surface area contributed by atoms with Crippen LogP contribution < -0.4 is 0 Å². The summed E-state index contributed by atoms with van der Waals surface area (Å²) in [5, 5.41) is 11.9. The fraction of sp³-hybridized carbons (Fsp3) is 0.231. The first kappa shape index (κ1) is 12.8. The maximum absolute atomic E-state index is 9.95. The number of benzene rings is 2. The Kier molecular flexibility index (Phi) is 4.38. The van der Waals surface area contributed by atoms with Crippen LogP contribution in [0.1, 0.15) is 12.5 Å². The summed E-state index contributed by atoms with van der Waals surface area (Å²) in [4.78, 5) is 0. The van der Waals surface area contributed by atoms with Crippen molar-refractivity contribution in [2.45, 2.75) is 13.1 Å². The molecule has 2 rings (SSSR count). The van der Waals surface area contributed by atoms with Crippen LogP contribution in [0.5, 0.6) is 5.75 Å². The van der Waals surface area contributed by atoms with Gasteiger partial charge in [0.1, 0.15) is 5.75 Å². The average Bonchev–Trinajstić information content (AvgIpc) is 2.28. The van der Waals surface area contributed by atoms with Crippen molar-refractivity contribution in [2.75, 3.05) is 6.61 Å². The van der Waals surface area contributed by atoms with Crippen LogP contribution in [0.25, 0.3) is 10.8 Å². The van der Waals surface area contributed by atoms with Crippen molar-refractivity contribution < 1.29 is 9.63 Å². The Morgan fingerprint density at radius 2 is 2.12 bits per heavy atom. The summed E-state index contributed by atoms with van der Waals surface area (Å²) >= 11 is 3.44. The summed E-state index contributed by atoms with van der Waals surface area (Å²) in [6, 6.07) is 9.80. The van der Waals surface area contributed by atoms with Crippen molar-refractivity contribution >= 4 is 35.5 Å². The molecule has 0 saturated carbocycles. The van der Waals surface area contributed by atoms with Crippen LogP contribution >= 0.6 is 24.7 Å². The SMILES string of the molecule is CCOPCc1cc(O)c2ccc(Br)cc2c1. The Balaban J connectivity index is 2.33. The number of fused-ring (bicyclic) bond motifs is 1. The molecule has 0 spiro atoms. The highest BCUT2D eigenvalue weighted by atomic mass is 79.9. The molecule has 0 fully saturated rings. The van der Waals surface area contributed by atoms with E-state index < -0.39 is 0 Å². The van der Waals surface area contributed by atoms with Crippen LogP contribution in [-0.2, 0) is 10.7 Å². The summed E-state index contributed by atoms with van der Waals surface area (Å²) in [6.07, 6.45) is 0.851. The molecule has 0 aliphatic heterocycles. The van der Waals surface area contributed by atoms with Crippen molar-refractivity contribution in [3.8, 4) is 5.75 Å². The molecule has 0 radical (unpaired) electrons. The first-order valence-corrected chi connectivity index (χ1v) is 7.37. The lowest BCUT2D eigenvalue weighted by Gasteiger charge is -2.07. The van der Waals surface area contributed by atoms with Crippen LogP contribution in [0.15, 0.2) is 34.8 Å². The van der Waals surface area contributed by atoms with Crippen molar-refractivity contribution in [3.63, 3.8) is 0 Å². The molecule has 4 heteroatoms. The minimum Gasteiger partial charge on any atom is -0.507 e. The number of phenolic OH excluding ortho intramolecular Hbond substituents is 1. The molecule has 0 bridgehead atoms. The van der Waals surface area contributed by atoms with E-state index in [4.69, 9.17) is 4.52 Å². The van der Waals surface area contributed by atoms with Gasteiger partial charge in [-0.05, 0) is 42.1 Å². The van der Waals surface area contributed by atoms with Crippen molar-refractivity contribution in [2.24, 2.45) is 0 Å². The molecule has 2 nitrogen and oxygen atoms in total. The highest BCUT2D eigenvalue weighted by Gasteiger charge is 2.03. The summed E-state index contributed by atoms with van der Waals surface area (Å²) in [6.45, 7) is 2.73. The third-order valence-electron chi connectivity index (χ3n) is 2.48. The summed E-state index contributed by atoms with van der Waals surface area (Å²) in [5.74, 6) is 0.339. The summed E-state index contributed by atoms with van der Waals surface area (Å²) < 4.78 is 6.37. The third-order valence-corrected chi connectivity index (χ3v) is 4.01. The molecule has 2 aromatic carbocycles. The maximum Gasteiger partial charge on any atom is 0.123 e. The zero-order valence-corrected chi connectivity index (χ0v) is 12.1. The highest BCUT2D eigenvalue weighted by Crippen LogP contribution is 2.31. The van der Waals surface area contributed by atoms with Gasteiger partial charge in [0.25, 0.3) is 0 Å². The number of rotatable bonds is 4. The standard InChI is InChI=1S/C13H14BrO2P/c1-2-16-17-8-9-5-10-7-11(14)3-4-12(10)13(15)6-9/h3-7,15,17H,2,8H2,1H3. The number of hydrogen-bond donors (Lipinski definition) is 1. The van der Waals surface area contributed by atoms with Gasteiger partial charge in [-0.15, -0.1) is 0 Å². The molecule has 1 N–H and O–H groups in total. The molecule has 0 aromatic heterocycles. The zero-order valence-electron chi connectivity index (χ0n) is 9.53. The van der Waals surface area contributed by atoms with Crippen molar-refractivity contribution in [1.82, 2.24) is 0 Å². The van der Waals surface area contributed by atoms with E-state index in [9.17, 15) is 5.11 Å². The number of halogens is 1. The van der Waals surface area contributed by atoms with Gasteiger partial charge in [-0.3, -0.25) is 0 Å². The quantitative estimate of drug-likeness (QED) is 0.668. The fourth-order valence-corrected chi connectivity index (χ4v) is 2.78. The normalized spacial score (nSPS) is 11.6. The Morgan fingerprint density at radius 3 is 2.88 bits per heavy atom. The van der Waals surface area contributed by atoms with Gasteiger partial charge in [-0.25, -0.2) is 0 Å². The molecule has 0 saturated heterocycles. The Bertz CT molecular complexity index is 528. The Labute approximate surface area is 111 Å². The van der Waals surface area contributed by atoms with E-state index in [2.05, 4.69) is 22.0 Å². The second-order valence-electron chi connectivity index (χ2n) is 3.73. The molecule has 2 aromatic rings. The van der Waals surface area contributed by atoms with E-state index in [-0.39, 0.29) is 0 Å². The highest BCUT2D eigenvalue weighted by molar-refractivity contribution is 9.10. The zero-order chi connectivity index (χ0) is 12.3. The topological polar surface area (TPSA) is 29.5 Å². The summed E-state index contributed by atoms with van der Waals surface area (Å²) in [7, 11) is 0.452. The van der Waals surface area contributed by atoms with Gasteiger partial charge in [0.15, 0.2) is 0 Å². The Hall–Kier alpha value is -0.630. The first-order valence-electron chi connectivity index (χ1n) is 5.46. The molecule has 0 aliphatic rings. The Morgan fingerprint density at radius 1 is 1.29 bits per heavy atom. The van der Waals surface area contributed by atoms with Crippen LogP contribution in [-0.4, -0.2) is 11.7 Å². The van der Waals surface area contributed by atoms with Crippen LogP contribution in [0.3, 0.4) is 0 Å². The lowest BCUT2D eigenvalue weighted by atomic mass is 10.1. The van der Waals surface area contributed by atoms with Gasteiger partial charge < -0.3 is 9.63 Å². The molecule has 0 amide bonds. The van der Waals surface area contributed by atoms with E-state index >= 15 is 0 Å². The average molecular weight is 313 g/mol. The van der Waals surface area contributed by atoms with Gasteiger partial charge in [0.2, 0.25) is 0 Å². The summed E-state index contributed by atoms with van der Waals surface area (Å²) in [5.41, 5.74) is 1.11. The van der Waals surface area contributed by atoms with E-state index in [0.717, 1.165) is 33.6 Å². The van der Waals surface area contributed by atoms with E-state index in [1.165, 1.54) is 0 Å². The minimum atomic E-state index is 0.339. The van der Waals surface area contributed by atoms with Gasteiger partial charge in [-0.2, -0.15) is 0 Å². The predicted molar refractivity (Wildman–Crippen MR) is 77.0 cm³/mol. The monoisotopic (exact) mass is 312 g/mol. The van der Waals surface area contributed by atoms with Gasteiger partial charge in [-0.1, -0.05) is 22.0 Å². The smallest absolute Gasteiger partial charge is 0.123 e. The molecule has 0 aliphatic carbocycles. The van der Waals surface area contributed by atoms with E-state index in [0.29, 0.717) is 14.6 Å². The van der Waals surface area contributed by atoms with E-state index in [1.54, 1.807) is 0 Å². The maximum atomic E-state index is 9.95. The van der Waals surface area contributed by atoms with Gasteiger partial charge in [0.05, 0.1) is 0 Å². The molecule has 90 valence electrons. The molecule has 1 atom stereocenters. The van der Waals surface area contributed by atoms with Crippen LogP contribution in [0.2, 0.25) is 0 Å². The van der Waals surface area contributed by atoms with Gasteiger partial charge >= 0.3 is 0 Å². The third kappa shape index (κ3) is 3.19. The second kappa shape index (κ2) is 5.81. The molecule has 0 heterocycles. The number of hydrogen-bond acceptors (Lipinski definition) is 2.